The lowest BCUT2D eigenvalue weighted by molar-refractivity contribution is 0.0344. The summed E-state index contributed by atoms with van der Waals surface area (Å²) in [6, 6.07) is 12.7. The van der Waals surface area contributed by atoms with Crippen LogP contribution in [0.15, 0.2) is 30.3 Å². The minimum Gasteiger partial charge on any atom is -0.328 e. The fourth-order valence-electron chi connectivity index (χ4n) is 3.78. The van der Waals surface area contributed by atoms with Crippen LogP contribution in [0.5, 0.6) is 0 Å². The van der Waals surface area contributed by atoms with Gasteiger partial charge in [0.25, 0.3) is 0 Å². The maximum atomic E-state index is 6.07. The Morgan fingerprint density at radius 2 is 1.70 bits per heavy atom. The molecule has 1 aliphatic heterocycles. The SMILES string of the molecule is CN1CCN(C2CCC(N)CC2)C(c2ccccc2)C1. The summed E-state index contributed by atoms with van der Waals surface area (Å²) in [6.07, 6.45) is 4.93. The number of rotatable bonds is 2. The van der Waals surface area contributed by atoms with Crippen LogP contribution in [-0.4, -0.2) is 48.6 Å². The van der Waals surface area contributed by atoms with Crippen molar-refractivity contribution < 1.29 is 0 Å². The highest BCUT2D eigenvalue weighted by molar-refractivity contribution is 5.20. The van der Waals surface area contributed by atoms with Crippen molar-refractivity contribution in [3.63, 3.8) is 0 Å². The molecule has 0 amide bonds. The van der Waals surface area contributed by atoms with Gasteiger partial charge < -0.3 is 10.6 Å². The van der Waals surface area contributed by atoms with Crippen LogP contribution in [0.1, 0.15) is 37.3 Å². The van der Waals surface area contributed by atoms with Crippen molar-refractivity contribution in [2.45, 2.75) is 43.8 Å². The normalized spacial score (nSPS) is 33.2. The summed E-state index contributed by atoms with van der Waals surface area (Å²) in [5.41, 5.74) is 7.53. The molecule has 0 bridgehead atoms. The average molecular weight is 273 g/mol. The summed E-state index contributed by atoms with van der Waals surface area (Å²) >= 11 is 0. The number of hydrogen-bond donors (Lipinski definition) is 1. The van der Waals surface area contributed by atoms with E-state index in [1.54, 1.807) is 0 Å². The molecule has 0 radical (unpaired) electrons. The van der Waals surface area contributed by atoms with Crippen molar-refractivity contribution in [1.82, 2.24) is 9.80 Å². The predicted octanol–water partition coefficient (Wildman–Crippen LogP) is 2.24. The van der Waals surface area contributed by atoms with Gasteiger partial charge in [0.05, 0.1) is 0 Å². The first-order valence-electron chi connectivity index (χ1n) is 7.99. The molecule has 0 spiro atoms. The van der Waals surface area contributed by atoms with Crippen LogP contribution < -0.4 is 5.73 Å². The highest BCUT2D eigenvalue weighted by atomic mass is 15.3. The van der Waals surface area contributed by atoms with Gasteiger partial charge >= 0.3 is 0 Å². The third-order valence-electron chi connectivity index (χ3n) is 5.02. The highest BCUT2D eigenvalue weighted by Crippen LogP contribution is 2.32. The molecular formula is C17H27N3. The highest BCUT2D eigenvalue weighted by Gasteiger charge is 2.33. The molecule has 3 heteroatoms. The first-order valence-corrected chi connectivity index (χ1v) is 7.99. The maximum absolute atomic E-state index is 6.07. The Labute approximate surface area is 122 Å². The van der Waals surface area contributed by atoms with Crippen LogP contribution >= 0.6 is 0 Å². The second-order valence-corrected chi connectivity index (χ2v) is 6.50. The summed E-state index contributed by atoms with van der Waals surface area (Å²) < 4.78 is 0. The van der Waals surface area contributed by atoms with E-state index < -0.39 is 0 Å². The molecule has 2 N–H and O–H groups in total. The molecule has 2 aliphatic rings. The van der Waals surface area contributed by atoms with Crippen molar-refractivity contribution >= 4 is 0 Å². The molecule has 1 heterocycles. The Kier molecular flexibility index (Phi) is 4.39. The smallest absolute Gasteiger partial charge is 0.0478 e. The molecule has 1 unspecified atom stereocenters. The summed E-state index contributed by atoms with van der Waals surface area (Å²) in [5, 5.41) is 0. The largest absolute Gasteiger partial charge is 0.328 e. The van der Waals surface area contributed by atoms with Crippen molar-refractivity contribution in [1.29, 1.82) is 0 Å². The predicted molar refractivity (Wildman–Crippen MR) is 83.6 cm³/mol. The van der Waals surface area contributed by atoms with Crippen molar-refractivity contribution in [2.24, 2.45) is 5.73 Å². The number of hydrogen-bond acceptors (Lipinski definition) is 3. The number of nitrogens with zero attached hydrogens (tertiary/aromatic N) is 2. The van der Waals surface area contributed by atoms with Gasteiger partial charge in [-0.15, -0.1) is 0 Å². The Balaban J connectivity index is 1.76. The molecule has 3 nitrogen and oxygen atoms in total. The monoisotopic (exact) mass is 273 g/mol. The lowest BCUT2D eigenvalue weighted by Crippen LogP contribution is -2.52. The minimum atomic E-state index is 0.439. The lowest BCUT2D eigenvalue weighted by atomic mass is 9.88. The van der Waals surface area contributed by atoms with E-state index in [0.29, 0.717) is 12.1 Å². The number of likely N-dealkylation sites (N-methyl/N-ethyl adjacent to an activating group) is 1. The summed E-state index contributed by atoms with van der Waals surface area (Å²) in [6.45, 7) is 3.52. The fourth-order valence-corrected chi connectivity index (χ4v) is 3.78. The Morgan fingerprint density at radius 3 is 2.40 bits per heavy atom. The quantitative estimate of drug-likeness (QED) is 0.897. The molecule has 1 saturated carbocycles. The minimum absolute atomic E-state index is 0.439. The van der Waals surface area contributed by atoms with Crippen molar-refractivity contribution in [2.75, 3.05) is 26.7 Å². The number of benzene rings is 1. The third-order valence-corrected chi connectivity index (χ3v) is 5.02. The van der Waals surface area contributed by atoms with Gasteiger partial charge in [0.15, 0.2) is 0 Å². The van der Waals surface area contributed by atoms with E-state index in [9.17, 15) is 0 Å². The van der Waals surface area contributed by atoms with Crippen molar-refractivity contribution in [3.05, 3.63) is 35.9 Å². The second kappa shape index (κ2) is 6.25. The van der Waals surface area contributed by atoms with Crippen LogP contribution in [0.2, 0.25) is 0 Å². The van der Waals surface area contributed by atoms with E-state index in [-0.39, 0.29) is 0 Å². The van der Waals surface area contributed by atoms with E-state index in [0.717, 1.165) is 12.6 Å². The standard InChI is InChI=1S/C17H27N3/c1-19-11-12-20(16-9-7-15(18)8-10-16)17(13-19)14-5-3-2-4-6-14/h2-6,15-17H,7-13,18H2,1H3. The summed E-state index contributed by atoms with van der Waals surface area (Å²) in [4.78, 5) is 5.21. The molecule has 1 saturated heterocycles. The summed E-state index contributed by atoms with van der Waals surface area (Å²) in [7, 11) is 2.24. The topological polar surface area (TPSA) is 32.5 Å². The molecule has 3 rings (SSSR count). The molecule has 0 aromatic heterocycles. The first-order chi connectivity index (χ1) is 9.74. The van der Waals surface area contributed by atoms with Crippen LogP contribution in [0.25, 0.3) is 0 Å². The Morgan fingerprint density at radius 1 is 1.00 bits per heavy atom. The molecular weight excluding hydrogens is 246 g/mol. The Bertz CT molecular complexity index is 412. The van der Waals surface area contributed by atoms with Crippen LogP contribution in [0.3, 0.4) is 0 Å². The number of piperazine rings is 1. The van der Waals surface area contributed by atoms with Gasteiger partial charge in [-0.05, 0) is 38.3 Å². The zero-order chi connectivity index (χ0) is 13.9. The van der Waals surface area contributed by atoms with Crippen LogP contribution in [0.4, 0.5) is 0 Å². The van der Waals surface area contributed by atoms with Gasteiger partial charge in [-0.1, -0.05) is 30.3 Å². The van der Waals surface area contributed by atoms with Gasteiger partial charge in [0, 0.05) is 37.8 Å². The molecule has 1 aromatic rings. The molecule has 2 fully saturated rings. The van der Waals surface area contributed by atoms with Gasteiger partial charge in [-0.25, -0.2) is 0 Å². The zero-order valence-corrected chi connectivity index (χ0v) is 12.5. The van der Waals surface area contributed by atoms with E-state index in [2.05, 4.69) is 47.2 Å². The van der Waals surface area contributed by atoms with Crippen LogP contribution in [0, 0.1) is 0 Å². The van der Waals surface area contributed by atoms with E-state index in [1.807, 2.05) is 0 Å². The van der Waals surface area contributed by atoms with E-state index >= 15 is 0 Å². The van der Waals surface area contributed by atoms with Crippen molar-refractivity contribution in [3.8, 4) is 0 Å². The Hall–Kier alpha value is -0.900. The van der Waals surface area contributed by atoms with E-state index in [1.165, 1.54) is 44.3 Å². The second-order valence-electron chi connectivity index (χ2n) is 6.50. The fraction of sp³-hybridized carbons (Fsp3) is 0.647. The average Bonchev–Trinajstić information content (AvgIpc) is 2.49. The van der Waals surface area contributed by atoms with Gasteiger partial charge in [0.2, 0.25) is 0 Å². The maximum Gasteiger partial charge on any atom is 0.0478 e. The molecule has 1 aliphatic carbocycles. The molecule has 1 atom stereocenters. The third kappa shape index (κ3) is 3.05. The summed E-state index contributed by atoms with van der Waals surface area (Å²) in [5.74, 6) is 0. The zero-order valence-electron chi connectivity index (χ0n) is 12.5. The van der Waals surface area contributed by atoms with Gasteiger partial charge in [-0.3, -0.25) is 4.90 Å². The van der Waals surface area contributed by atoms with Crippen LogP contribution in [-0.2, 0) is 0 Å². The molecule has 110 valence electrons. The first kappa shape index (κ1) is 14.1. The lowest BCUT2D eigenvalue weighted by Gasteiger charge is -2.46. The van der Waals surface area contributed by atoms with E-state index in [4.69, 9.17) is 5.73 Å². The van der Waals surface area contributed by atoms with Gasteiger partial charge in [-0.2, -0.15) is 0 Å². The molecule has 1 aromatic carbocycles. The molecule has 20 heavy (non-hydrogen) atoms. The van der Waals surface area contributed by atoms with Gasteiger partial charge in [0.1, 0.15) is 0 Å². The number of nitrogens with two attached hydrogens (primary N) is 1.